The van der Waals surface area contributed by atoms with E-state index in [1.807, 2.05) is 91.0 Å². The number of rotatable bonds is 4. The first-order valence-corrected chi connectivity index (χ1v) is 19.5. The van der Waals surface area contributed by atoms with Gasteiger partial charge in [-0.05, 0) is 74.6 Å². The molecule has 0 fully saturated rings. The maximum atomic E-state index is 13.8. The summed E-state index contributed by atoms with van der Waals surface area (Å²) < 4.78 is 0. The Kier molecular flexibility index (Phi) is 8.66. The Bertz CT molecular complexity index is 3590. The zero-order valence-electron chi connectivity index (χ0n) is 31.3. The van der Waals surface area contributed by atoms with Gasteiger partial charge in [-0.1, -0.05) is 84.9 Å². The topological polar surface area (TPSA) is 194 Å². The molecule has 0 spiro atoms. The van der Waals surface area contributed by atoms with E-state index in [1.54, 1.807) is 18.2 Å². The zero-order valence-corrected chi connectivity index (χ0v) is 33.8. The van der Waals surface area contributed by atoms with Crippen LogP contribution >= 0.6 is 23.2 Å². The van der Waals surface area contributed by atoms with Gasteiger partial charge in [0, 0.05) is 50.5 Å². The number of carbonyl (C=O) groups is 2. The van der Waals surface area contributed by atoms with E-state index in [-0.39, 0.29) is 51.3 Å². The first-order chi connectivity index (χ1) is 29.8. The van der Waals surface area contributed by atoms with E-state index in [9.17, 15) is 9.59 Å². The molecule has 15 nitrogen and oxygen atoms in total. The molecule has 3 aliphatic rings. The third-order valence-corrected chi connectivity index (χ3v) is 11.0. The molecule has 18 heteroatoms. The summed E-state index contributed by atoms with van der Waals surface area (Å²) in [5.41, 5.74) is 6.41. The molecule has 299 valence electrons. The maximum absolute atomic E-state index is 13.8. The Morgan fingerprint density at radius 1 is 0.468 bits per heavy atom. The van der Waals surface area contributed by atoms with Gasteiger partial charge in [-0.25, -0.2) is 9.97 Å². The average molecular weight is 898 g/mol. The Labute approximate surface area is 369 Å². The number of carbonyl (C=O) groups excluding carboxylic acids is 2. The van der Waals surface area contributed by atoms with Crippen molar-refractivity contribution in [2.24, 2.45) is 0 Å². The molecule has 0 unspecified atom stereocenters. The van der Waals surface area contributed by atoms with Gasteiger partial charge >= 0.3 is 17.1 Å². The minimum Gasteiger partial charge on any atom is -0.357 e. The van der Waals surface area contributed by atoms with Gasteiger partial charge in [0.15, 0.2) is 0 Å². The smallest absolute Gasteiger partial charge is 0.357 e. The number of hydrogen-bond acceptors (Lipinski definition) is 12. The normalized spacial score (nSPS) is 12.6. The van der Waals surface area contributed by atoms with E-state index < -0.39 is 11.8 Å². The summed E-state index contributed by atoms with van der Waals surface area (Å²) in [4.78, 5) is 80.3. The number of hydrogen-bond donors (Lipinski definition) is 1. The first kappa shape index (κ1) is 37.5. The van der Waals surface area contributed by atoms with Crippen molar-refractivity contribution in [1.29, 1.82) is 0 Å². The van der Waals surface area contributed by atoms with Crippen LogP contribution in [0.3, 0.4) is 0 Å². The molecule has 0 saturated heterocycles. The standard InChI is InChI=1S/C44H23Cl2N13O2.Cu/c45-42-56-43(46)58-44(57-42)47-21-14-16-29-31(18-21)41(61)59(40(29)60)19-20-13-15-28-30(17-20)39-54-37-27-12-6-5-11-26(27)35(52-37)50-33-23-8-2-1-7-22(23)32(48-33)49-34-24-9-3-4-10-25(24)36(51-34)53-38(28)55-39;/h1-18H,19H2,(H3,47,48,49,50,51,52,53,54,55,56,57,58,60,61);/q;+2/p-2. The number of fused-ring (bicyclic) bond motifs is 21. The van der Waals surface area contributed by atoms with Crippen LogP contribution in [0.1, 0.15) is 26.3 Å². The predicted molar refractivity (Wildman–Crippen MR) is 228 cm³/mol. The minimum atomic E-state index is -0.466. The van der Waals surface area contributed by atoms with E-state index in [0.717, 1.165) is 33.0 Å². The van der Waals surface area contributed by atoms with Gasteiger partial charge in [0.25, 0.3) is 11.8 Å². The summed E-state index contributed by atoms with van der Waals surface area (Å²) in [5, 5.41) is 5.74. The van der Waals surface area contributed by atoms with Crippen LogP contribution in [0.5, 0.6) is 0 Å². The van der Waals surface area contributed by atoms with Crippen molar-refractivity contribution >= 4 is 90.8 Å². The van der Waals surface area contributed by atoms with Crippen LogP contribution in [0.15, 0.2) is 109 Å². The fraction of sp³-hybridized carbons (Fsp3) is 0.0227. The molecule has 9 aromatic rings. The Hall–Kier alpha value is -7.49. The van der Waals surface area contributed by atoms with Crippen LogP contribution < -0.4 is 15.3 Å². The average Bonchev–Trinajstić information content (AvgIpc) is 4.04. The molecule has 12 rings (SSSR count). The molecule has 1 N–H and O–H groups in total. The van der Waals surface area contributed by atoms with Gasteiger partial charge < -0.3 is 35.2 Å². The summed E-state index contributed by atoms with van der Waals surface area (Å²) in [6.45, 7) is -0.0241. The number of amides is 2. The zero-order chi connectivity index (χ0) is 40.9. The number of anilines is 2. The molecule has 1 radical (unpaired) electrons. The monoisotopic (exact) mass is 896 g/mol. The second kappa shape index (κ2) is 14.3. The van der Waals surface area contributed by atoms with Crippen molar-refractivity contribution in [2.75, 3.05) is 5.32 Å². The molecular formula is C44H21Cl2CuN13O2. The summed E-state index contributed by atoms with van der Waals surface area (Å²) >= 11 is 11.9. The van der Waals surface area contributed by atoms with Crippen LogP contribution in [0.2, 0.25) is 10.6 Å². The second-order valence-electron chi connectivity index (χ2n) is 14.3. The van der Waals surface area contributed by atoms with Crippen molar-refractivity contribution in [3.63, 3.8) is 0 Å². The Morgan fingerprint density at radius 3 is 1.47 bits per heavy atom. The molecule has 0 atom stereocenters. The van der Waals surface area contributed by atoms with Crippen molar-refractivity contribution in [1.82, 2.24) is 59.7 Å². The molecule has 62 heavy (non-hydrogen) atoms. The van der Waals surface area contributed by atoms with Gasteiger partial charge in [-0.3, -0.25) is 14.5 Å². The van der Waals surface area contributed by atoms with E-state index in [2.05, 4.69) is 20.3 Å². The molecule has 0 saturated carbocycles. The third kappa shape index (κ3) is 6.07. The van der Waals surface area contributed by atoms with Crippen molar-refractivity contribution in [3.05, 3.63) is 136 Å². The molecule has 2 amide bonds. The van der Waals surface area contributed by atoms with E-state index in [1.165, 1.54) is 4.90 Å². The van der Waals surface area contributed by atoms with Gasteiger partial charge in [0.1, 0.15) is 0 Å². The maximum Gasteiger partial charge on any atom is 2.00 e. The van der Waals surface area contributed by atoms with Gasteiger partial charge in [-0.2, -0.15) is 15.0 Å². The second-order valence-corrected chi connectivity index (χ2v) is 15.0. The van der Waals surface area contributed by atoms with Crippen LogP contribution in [-0.2, 0) is 23.6 Å². The summed E-state index contributed by atoms with van der Waals surface area (Å²) in [6.07, 6.45) is 0. The molecule has 5 aromatic carbocycles. The number of nitrogens with one attached hydrogen (secondary N) is 1. The van der Waals surface area contributed by atoms with Crippen LogP contribution in [0, 0.1) is 0 Å². The molecule has 3 aliphatic heterocycles. The van der Waals surface area contributed by atoms with E-state index in [4.69, 9.17) is 63.1 Å². The summed E-state index contributed by atoms with van der Waals surface area (Å²) in [7, 11) is 0. The first-order valence-electron chi connectivity index (χ1n) is 18.8. The van der Waals surface area contributed by atoms with Crippen LogP contribution in [0.25, 0.3) is 89.7 Å². The van der Waals surface area contributed by atoms with Crippen LogP contribution in [-0.4, -0.2) is 61.6 Å². The molecule has 0 aliphatic carbocycles. The molecule has 7 heterocycles. The minimum absolute atomic E-state index is 0. The van der Waals surface area contributed by atoms with Crippen LogP contribution in [0.4, 0.5) is 11.6 Å². The largest absolute Gasteiger partial charge is 2.00 e. The Balaban J connectivity index is 0.00000432. The van der Waals surface area contributed by atoms with E-state index >= 15 is 0 Å². The summed E-state index contributed by atoms with van der Waals surface area (Å²) in [6, 6.07) is 33.6. The SMILES string of the molecule is O=C1c2ccc(Nc3nc(Cl)nc(Cl)n3)cc2C(=O)N1Cc1ccc2c3nc4nc(nc5[n-]c(nc6nc(nc([n-]3)c2c1)-c1ccccc1-6)c1ccccc51)-c1ccccc1-4.[Cu+2]. The summed E-state index contributed by atoms with van der Waals surface area (Å²) in [5.74, 6) is 0.925. The quantitative estimate of drug-likeness (QED) is 0.131. The predicted octanol–water partition coefficient (Wildman–Crippen LogP) is 8.16. The number of imide groups is 1. The molecule has 4 aromatic heterocycles. The molecular weight excluding hydrogens is 877 g/mol. The number of benzene rings is 5. The third-order valence-electron chi connectivity index (χ3n) is 10.6. The number of nitrogens with zero attached hydrogens (tertiary/aromatic N) is 12. The molecule has 8 bridgehead atoms. The fourth-order valence-electron chi connectivity index (χ4n) is 7.86. The van der Waals surface area contributed by atoms with Gasteiger partial charge in [0.05, 0.1) is 41.0 Å². The fourth-order valence-corrected chi connectivity index (χ4v) is 8.22. The van der Waals surface area contributed by atoms with Crippen molar-refractivity contribution < 1.29 is 26.7 Å². The van der Waals surface area contributed by atoms with Crippen molar-refractivity contribution in [3.8, 4) is 45.6 Å². The Morgan fingerprint density at radius 2 is 0.935 bits per heavy atom. The van der Waals surface area contributed by atoms with Gasteiger partial charge in [0.2, 0.25) is 16.5 Å². The number of halogens is 2. The number of aromatic nitrogens is 11. The van der Waals surface area contributed by atoms with Crippen molar-refractivity contribution in [2.45, 2.75) is 6.54 Å². The van der Waals surface area contributed by atoms with Gasteiger partial charge in [-0.15, -0.1) is 0 Å². The van der Waals surface area contributed by atoms with E-state index in [0.29, 0.717) is 67.9 Å².